The summed E-state index contributed by atoms with van der Waals surface area (Å²) < 4.78 is 0. The molecule has 104 valence electrons. The molecule has 1 fully saturated rings. The van der Waals surface area contributed by atoms with Crippen molar-refractivity contribution in [2.45, 2.75) is 52.1 Å². The number of hydrogen-bond acceptors (Lipinski definition) is 3. The highest BCUT2D eigenvalue weighted by molar-refractivity contribution is 5.29. The van der Waals surface area contributed by atoms with Gasteiger partial charge in [-0.2, -0.15) is 0 Å². The first-order valence-corrected chi connectivity index (χ1v) is 6.95. The number of aliphatic hydroxyl groups excluding tert-OH is 2. The number of hydrogen-bond donors (Lipinski definition) is 3. The molecule has 2 rings (SSSR count). The zero-order valence-electron chi connectivity index (χ0n) is 11.7. The van der Waals surface area contributed by atoms with Crippen LogP contribution < -0.4 is 0 Å². The SMILES string of the molecule is CC1(C)CCC[C@@]2(C)C1CC=C(CO)[C@]2(O)CO. The van der Waals surface area contributed by atoms with Crippen LogP contribution in [0.4, 0.5) is 0 Å². The van der Waals surface area contributed by atoms with Crippen LogP contribution >= 0.6 is 0 Å². The van der Waals surface area contributed by atoms with Crippen molar-refractivity contribution >= 4 is 0 Å². The maximum absolute atomic E-state index is 10.9. The van der Waals surface area contributed by atoms with Gasteiger partial charge in [-0.25, -0.2) is 0 Å². The zero-order valence-corrected chi connectivity index (χ0v) is 11.7. The molecular formula is C15H26O3. The van der Waals surface area contributed by atoms with Gasteiger partial charge in [0.05, 0.1) is 13.2 Å². The Hall–Kier alpha value is -0.380. The molecule has 3 heteroatoms. The van der Waals surface area contributed by atoms with Crippen molar-refractivity contribution in [3.63, 3.8) is 0 Å². The van der Waals surface area contributed by atoms with E-state index in [1.165, 1.54) is 0 Å². The molecule has 2 aliphatic rings. The van der Waals surface area contributed by atoms with Crippen LogP contribution in [0.3, 0.4) is 0 Å². The summed E-state index contributed by atoms with van der Waals surface area (Å²) in [5, 5.41) is 30.1. The zero-order chi connectivity index (χ0) is 13.6. The highest BCUT2D eigenvalue weighted by Crippen LogP contribution is 2.60. The van der Waals surface area contributed by atoms with E-state index in [0.29, 0.717) is 11.5 Å². The monoisotopic (exact) mass is 254 g/mol. The first kappa shape index (κ1) is 14.0. The average molecular weight is 254 g/mol. The quantitative estimate of drug-likeness (QED) is 0.659. The normalized spacial score (nSPS) is 43.2. The smallest absolute Gasteiger partial charge is 0.116 e. The van der Waals surface area contributed by atoms with Gasteiger partial charge in [-0.05, 0) is 36.2 Å². The van der Waals surface area contributed by atoms with Gasteiger partial charge in [-0.1, -0.05) is 33.3 Å². The van der Waals surface area contributed by atoms with Crippen LogP contribution in [-0.2, 0) is 0 Å². The molecule has 0 bridgehead atoms. The number of allylic oxidation sites excluding steroid dienone is 1. The van der Waals surface area contributed by atoms with E-state index in [2.05, 4.69) is 20.8 Å². The van der Waals surface area contributed by atoms with Crippen molar-refractivity contribution in [3.8, 4) is 0 Å². The average Bonchev–Trinajstić information content (AvgIpc) is 2.31. The van der Waals surface area contributed by atoms with Crippen LogP contribution in [0, 0.1) is 16.7 Å². The standard InChI is InChI=1S/C15H26O3/c1-13(2)7-4-8-14(3)12(13)6-5-11(9-16)15(14,18)10-17/h5,12,16-18H,4,6-10H2,1-3H3/t12?,14-,15+/m0/s1. The van der Waals surface area contributed by atoms with Crippen LogP contribution in [0.15, 0.2) is 11.6 Å². The van der Waals surface area contributed by atoms with Gasteiger partial charge in [-0.15, -0.1) is 0 Å². The van der Waals surface area contributed by atoms with E-state index in [1.807, 2.05) is 6.08 Å². The largest absolute Gasteiger partial charge is 0.393 e. The van der Waals surface area contributed by atoms with E-state index < -0.39 is 5.60 Å². The van der Waals surface area contributed by atoms with Gasteiger partial charge < -0.3 is 15.3 Å². The van der Waals surface area contributed by atoms with Crippen molar-refractivity contribution in [1.29, 1.82) is 0 Å². The lowest BCUT2D eigenvalue weighted by atomic mass is 9.47. The third kappa shape index (κ3) is 1.68. The second-order valence-corrected chi connectivity index (χ2v) is 6.95. The predicted octanol–water partition coefficient (Wildman–Crippen LogP) is 1.86. The minimum Gasteiger partial charge on any atom is -0.393 e. The van der Waals surface area contributed by atoms with Gasteiger partial charge >= 0.3 is 0 Å². The summed E-state index contributed by atoms with van der Waals surface area (Å²) in [4.78, 5) is 0. The van der Waals surface area contributed by atoms with Gasteiger partial charge in [0.25, 0.3) is 0 Å². The van der Waals surface area contributed by atoms with E-state index in [9.17, 15) is 15.3 Å². The Kier molecular flexibility index (Phi) is 3.37. The van der Waals surface area contributed by atoms with E-state index in [1.54, 1.807) is 0 Å². The third-order valence-corrected chi connectivity index (χ3v) is 5.70. The molecule has 0 aliphatic heterocycles. The molecule has 3 nitrogen and oxygen atoms in total. The maximum atomic E-state index is 10.9. The van der Waals surface area contributed by atoms with Crippen LogP contribution in [0.25, 0.3) is 0 Å². The molecule has 18 heavy (non-hydrogen) atoms. The number of rotatable bonds is 2. The van der Waals surface area contributed by atoms with E-state index >= 15 is 0 Å². The second kappa shape index (κ2) is 4.32. The lowest BCUT2D eigenvalue weighted by Gasteiger charge is -2.60. The molecule has 0 aromatic carbocycles. The first-order chi connectivity index (χ1) is 8.32. The summed E-state index contributed by atoms with van der Waals surface area (Å²) in [7, 11) is 0. The van der Waals surface area contributed by atoms with Gasteiger partial charge in [0.2, 0.25) is 0 Å². The minimum absolute atomic E-state index is 0.167. The Bertz CT molecular complexity index is 361. The van der Waals surface area contributed by atoms with Gasteiger partial charge in [0.15, 0.2) is 0 Å². The summed E-state index contributed by atoms with van der Waals surface area (Å²) in [6, 6.07) is 0. The predicted molar refractivity (Wildman–Crippen MR) is 71.1 cm³/mol. The maximum Gasteiger partial charge on any atom is 0.116 e. The van der Waals surface area contributed by atoms with Gasteiger partial charge in [-0.3, -0.25) is 0 Å². The molecule has 1 saturated carbocycles. The summed E-state index contributed by atoms with van der Waals surface area (Å²) in [6.07, 6.45) is 5.98. The molecule has 0 aromatic rings. The van der Waals surface area contributed by atoms with Crippen molar-refractivity contribution < 1.29 is 15.3 Å². The van der Waals surface area contributed by atoms with Gasteiger partial charge in [0, 0.05) is 5.41 Å². The van der Waals surface area contributed by atoms with Crippen LogP contribution in [0.2, 0.25) is 0 Å². The van der Waals surface area contributed by atoms with Crippen LogP contribution in [-0.4, -0.2) is 34.1 Å². The molecule has 1 unspecified atom stereocenters. The summed E-state index contributed by atoms with van der Waals surface area (Å²) >= 11 is 0. The molecule has 3 N–H and O–H groups in total. The van der Waals surface area contributed by atoms with Crippen molar-refractivity contribution in [1.82, 2.24) is 0 Å². The fraction of sp³-hybridized carbons (Fsp3) is 0.867. The topological polar surface area (TPSA) is 60.7 Å². The highest BCUT2D eigenvalue weighted by atomic mass is 16.3. The minimum atomic E-state index is -1.26. The molecule has 0 spiro atoms. The lowest BCUT2D eigenvalue weighted by molar-refractivity contribution is -0.163. The molecular weight excluding hydrogens is 228 g/mol. The fourth-order valence-electron chi connectivity index (χ4n) is 4.47. The van der Waals surface area contributed by atoms with Crippen molar-refractivity contribution in [3.05, 3.63) is 11.6 Å². The molecule has 0 heterocycles. The fourth-order valence-corrected chi connectivity index (χ4v) is 4.47. The van der Waals surface area contributed by atoms with Crippen LogP contribution in [0.5, 0.6) is 0 Å². The molecule has 0 radical (unpaired) electrons. The van der Waals surface area contributed by atoms with Gasteiger partial charge in [0.1, 0.15) is 5.60 Å². The van der Waals surface area contributed by atoms with Crippen molar-refractivity contribution in [2.75, 3.05) is 13.2 Å². The summed E-state index contributed by atoms with van der Waals surface area (Å²) in [5.41, 5.74) is -0.826. The number of aliphatic hydroxyl groups is 3. The Morgan fingerprint density at radius 2 is 1.89 bits per heavy atom. The van der Waals surface area contributed by atoms with E-state index in [0.717, 1.165) is 25.7 Å². The Labute approximate surface area is 110 Å². The third-order valence-electron chi connectivity index (χ3n) is 5.70. The molecule has 0 saturated heterocycles. The molecule has 0 amide bonds. The Morgan fingerprint density at radius 1 is 1.22 bits per heavy atom. The molecule has 0 aromatic heterocycles. The summed E-state index contributed by atoms with van der Waals surface area (Å²) in [5.74, 6) is 0.353. The Balaban J connectivity index is 2.50. The van der Waals surface area contributed by atoms with E-state index in [-0.39, 0.29) is 24.0 Å². The lowest BCUT2D eigenvalue weighted by Crippen LogP contribution is -2.61. The van der Waals surface area contributed by atoms with E-state index in [4.69, 9.17) is 0 Å². The molecule has 3 atom stereocenters. The second-order valence-electron chi connectivity index (χ2n) is 6.95. The highest BCUT2D eigenvalue weighted by Gasteiger charge is 2.59. The summed E-state index contributed by atoms with van der Waals surface area (Å²) in [6.45, 7) is 6.12. The first-order valence-electron chi connectivity index (χ1n) is 6.95. The van der Waals surface area contributed by atoms with Crippen molar-refractivity contribution in [2.24, 2.45) is 16.7 Å². The molecule has 2 aliphatic carbocycles. The Morgan fingerprint density at radius 3 is 2.44 bits per heavy atom. The number of fused-ring (bicyclic) bond motifs is 1. The van der Waals surface area contributed by atoms with Crippen LogP contribution in [0.1, 0.15) is 46.5 Å².